The van der Waals surface area contributed by atoms with Crippen molar-refractivity contribution in [1.29, 1.82) is 0 Å². The van der Waals surface area contributed by atoms with Crippen molar-refractivity contribution < 1.29 is 13.2 Å². The molecule has 0 bridgehead atoms. The highest BCUT2D eigenvalue weighted by molar-refractivity contribution is 5.58. The largest absolute Gasteiger partial charge is 0.416 e. The number of alkyl halides is 3. The monoisotopic (exact) mass is 265 g/mol. The SMILES string of the molecule is FC(F)(F)c1ccc(-c2cnc3nncn3n2)cc1. The van der Waals surface area contributed by atoms with Crippen LogP contribution in [0, 0.1) is 0 Å². The van der Waals surface area contributed by atoms with Crippen molar-refractivity contribution in [3.63, 3.8) is 0 Å². The van der Waals surface area contributed by atoms with Crippen molar-refractivity contribution in [2.24, 2.45) is 0 Å². The molecule has 5 nitrogen and oxygen atoms in total. The van der Waals surface area contributed by atoms with Gasteiger partial charge in [-0.25, -0.2) is 4.98 Å². The van der Waals surface area contributed by atoms with Gasteiger partial charge in [-0.2, -0.15) is 22.8 Å². The van der Waals surface area contributed by atoms with E-state index >= 15 is 0 Å². The highest BCUT2D eigenvalue weighted by Gasteiger charge is 2.30. The molecular weight excluding hydrogens is 259 g/mol. The number of fused-ring (bicyclic) bond motifs is 1. The van der Waals surface area contributed by atoms with Gasteiger partial charge in [0.1, 0.15) is 12.0 Å². The van der Waals surface area contributed by atoms with Crippen LogP contribution in [0.4, 0.5) is 13.2 Å². The van der Waals surface area contributed by atoms with E-state index in [9.17, 15) is 13.2 Å². The van der Waals surface area contributed by atoms with Gasteiger partial charge >= 0.3 is 6.18 Å². The van der Waals surface area contributed by atoms with E-state index in [1.165, 1.54) is 29.2 Å². The van der Waals surface area contributed by atoms with Crippen LogP contribution in [0.25, 0.3) is 17.0 Å². The van der Waals surface area contributed by atoms with Gasteiger partial charge in [-0.15, -0.1) is 10.2 Å². The molecular formula is C11H6F3N5. The lowest BCUT2D eigenvalue weighted by Crippen LogP contribution is -2.04. The summed E-state index contributed by atoms with van der Waals surface area (Å²) in [6, 6.07) is 4.72. The van der Waals surface area contributed by atoms with Crippen molar-refractivity contribution in [3.8, 4) is 11.3 Å². The summed E-state index contributed by atoms with van der Waals surface area (Å²) in [7, 11) is 0. The highest BCUT2D eigenvalue weighted by Crippen LogP contribution is 2.30. The third-order valence-electron chi connectivity index (χ3n) is 2.54. The molecule has 1 aromatic carbocycles. The summed E-state index contributed by atoms with van der Waals surface area (Å²) in [5.41, 5.74) is 0.284. The van der Waals surface area contributed by atoms with E-state index in [0.717, 1.165) is 12.1 Å². The van der Waals surface area contributed by atoms with Gasteiger partial charge in [-0.05, 0) is 12.1 Å². The van der Waals surface area contributed by atoms with Crippen molar-refractivity contribution in [2.45, 2.75) is 6.18 Å². The minimum atomic E-state index is -4.34. The molecule has 0 aliphatic heterocycles. The fourth-order valence-electron chi connectivity index (χ4n) is 1.60. The second kappa shape index (κ2) is 4.01. The predicted molar refractivity (Wildman–Crippen MR) is 59.0 cm³/mol. The Kier molecular flexibility index (Phi) is 2.44. The molecule has 3 aromatic rings. The Morgan fingerprint density at radius 1 is 1.05 bits per heavy atom. The molecule has 0 radical (unpaired) electrons. The van der Waals surface area contributed by atoms with E-state index < -0.39 is 11.7 Å². The summed E-state index contributed by atoms with van der Waals surface area (Å²) in [5.74, 6) is 0.329. The van der Waals surface area contributed by atoms with Crippen molar-refractivity contribution in [3.05, 3.63) is 42.4 Å². The highest BCUT2D eigenvalue weighted by atomic mass is 19.4. The van der Waals surface area contributed by atoms with Crippen LogP contribution in [0.1, 0.15) is 5.56 Å². The van der Waals surface area contributed by atoms with Gasteiger partial charge in [0.05, 0.1) is 11.8 Å². The molecule has 2 heterocycles. The first kappa shape index (κ1) is 11.6. The molecule has 0 spiro atoms. The van der Waals surface area contributed by atoms with Crippen LogP contribution in [0.3, 0.4) is 0 Å². The summed E-state index contributed by atoms with van der Waals surface area (Å²) >= 11 is 0. The molecule has 8 heteroatoms. The average molecular weight is 265 g/mol. The van der Waals surface area contributed by atoms with Crippen LogP contribution in [0.2, 0.25) is 0 Å². The van der Waals surface area contributed by atoms with Crippen molar-refractivity contribution in [2.75, 3.05) is 0 Å². The van der Waals surface area contributed by atoms with Gasteiger partial charge in [0, 0.05) is 5.56 Å². The van der Waals surface area contributed by atoms with E-state index in [-0.39, 0.29) is 0 Å². The van der Waals surface area contributed by atoms with Gasteiger partial charge in [0.25, 0.3) is 5.78 Å². The van der Waals surface area contributed by atoms with Crippen LogP contribution in [0.5, 0.6) is 0 Å². The van der Waals surface area contributed by atoms with Crippen LogP contribution in [-0.4, -0.2) is 24.8 Å². The normalized spacial score (nSPS) is 11.9. The summed E-state index contributed by atoms with van der Waals surface area (Å²) in [4.78, 5) is 3.99. The zero-order valence-corrected chi connectivity index (χ0v) is 9.33. The van der Waals surface area contributed by atoms with E-state index in [4.69, 9.17) is 0 Å². The van der Waals surface area contributed by atoms with Gasteiger partial charge in [-0.3, -0.25) is 0 Å². The molecule has 0 unspecified atom stereocenters. The lowest BCUT2D eigenvalue weighted by atomic mass is 10.1. The Morgan fingerprint density at radius 2 is 1.79 bits per heavy atom. The van der Waals surface area contributed by atoms with Gasteiger partial charge in [0.15, 0.2) is 0 Å². The maximum atomic E-state index is 12.4. The summed E-state index contributed by atoms with van der Waals surface area (Å²) < 4.78 is 38.7. The van der Waals surface area contributed by atoms with E-state index in [1.807, 2.05) is 0 Å². The standard InChI is InChI=1S/C11H6F3N5/c12-11(13,14)8-3-1-7(2-4-8)9-5-15-10-17-16-6-19(10)18-9/h1-6H. The Morgan fingerprint density at radius 3 is 2.47 bits per heavy atom. The first-order valence-electron chi connectivity index (χ1n) is 5.25. The molecule has 96 valence electrons. The Balaban J connectivity index is 2.01. The smallest absolute Gasteiger partial charge is 0.216 e. The minimum Gasteiger partial charge on any atom is -0.216 e. The van der Waals surface area contributed by atoms with Crippen LogP contribution in [0.15, 0.2) is 36.8 Å². The lowest BCUT2D eigenvalue weighted by Gasteiger charge is -2.07. The average Bonchev–Trinajstić information content (AvgIpc) is 2.85. The summed E-state index contributed by atoms with van der Waals surface area (Å²) in [5, 5.41) is 11.5. The molecule has 19 heavy (non-hydrogen) atoms. The Bertz CT molecular complexity index is 717. The minimum absolute atomic E-state index is 0.329. The topological polar surface area (TPSA) is 56.0 Å². The maximum absolute atomic E-state index is 12.4. The number of benzene rings is 1. The zero-order valence-electron chi connectivity index (χ0n) is 9.33. The summed E-state index contributed by atoms with van der Waals surface area (Å²) in [6.07, 6.45) is -1.54. The third kappa shape index (κ3) is 2.12. The maximum Gasteiger partial charge on any atom is 0.416 e. The summed E-state index contributed by atoms with van der Waals surface area (Å²) in [6.45, 7) is 0. The molecule has 0 saturated carbocycles. The first-order valence-corrected chi connectivity index (χ1v) is 5.25. The predicted octanol–water partition coefficient (Wildman–Crippen LogP) is 2.21. The number of halogens is 3. The van der Waals surface area contributed by atoms with Gasteiger partial charge in [-0.1, -0.05) is 12.1 Å². The van der Waals surface area contributed by atoms with Crippen molar-refractivity contribution in [1.82, 2.24) is 24.8 Å². The molecule has 2 aromatic heterocycles. The van der Waals surface area contributed by atoms with Gasteiger partial charge < -0.3 is 0 Å². The van der Waals surface area contributed by atoms with Gasteiger partial charge in [0.2, 0.25) is 0 Å². The molecule has 0 N–H and O–H groups in total. The van der Waals surface area contributed by atoms with Crippen LogP contribution >= 0.6 is 0 Å². The quantitative estimate of drug-likeness (QED) is 0.677. The number of hydrogen-bond acceptors (Lipinski definition) is 4. The first-order chi connectivity index (χ1) is 9.04. The molecule has 0 atom stereocenters. The second-order valence-corrected chi connectivity index (χ2v) is 3.79. The molecule has 0 amide bonds. The molecule has 0 fully saturated rings. The van der Waals surface area contributed by atoms with Crippen LogP contribution in [-0.2, 0) is 6.18 Å². The van der Waals surface area contributed by atoms with Crippen LogP contribution < -0.4 is 0 Å². The number of nitrogens with zero attached hydrogens (tertiary/aromatic N) is 5. The zero-order chi connectivity index (χ0) is 13.5. The Labute approximate surface area is 104 Å². The van der Waals surface area contributed by atoms with E-state index in [2.05, 4.69) is 20.3 Å². The fourth-order valence-corrected chi connectivity index (χ4v) is 1.60. The van der Waals surface area contributed by atoms with E-state index in [0.29, 0.717) is 17.0 Å². The number of aromatic nitrogens is 5. The molecule has 0 aliphatic rings. The Hall–Kier alpha value is -2.51. The molecule has 0 saturated heterocycles. The lowest BCUT2D eigenvalue weighted by molar-refractivity contribution is -0.137. The van der Waals surface area contributed by atoms with E-state index in [1.54, 1.807) is 0 Å². The molecule has 0 aliphatic carbocycles. The second-order valence-electron chi connectivity index (χ2n) is 3.79. The van der Waals surface area contributed by atoms with Crippen molar-refractivity contribution >= 4 is 5.78 Å². The number of rotatable bonds is 1. The number of hydrogen-bond donors (Lipinski definition) is 0. The fraction of sp³-hybridized carbons (Fsp3) is 0.0909. The third-order valence-corrected chi connectivity index (χ3v) is 2.54. The molecule has 3 rings (SSSR count).